The molecule has 144 valence electrons. The standard InChI is InChI=1S/C20H11ClIN3O4/c21-16-6-4-12(22)9-15(16)20-24-17-10-13(5-7-18(17)29-20)23-19(26)11-2-1-3-14(8-11)25(27)28/h1-10H,(H,23,26). The molecule has 0 aliphatic carbocycles. The number of benzene rings is 3. The monoisotopic (exact) mass is 519 g/mol. The highest BCUT2D eigenvalue weighted by Gasteiger charge is 2.15. The van der Waals surface area contributed by atoms with Gasteiger partial charge in [-0.2, -0.15) is 0 Å². The number of nitro benzene ring substituents is 1. The molecule has 9 heteroatoms. The Bertz CT molecular complexity index is 1270. The van der Waals surface area contributed by atoms with Crippen LogP contribution in [0.1, 0.15) is 10.4 Å². The van der Waals surface area contributed by atoms with E-state index in [-0.39, 0.29) is 11.3 Å². The van der Waals surface area contributed by atoms with Gasteiger partial charge in [-0.25, -0.2) is 4.98 Å². The number of aromatic nitrogens is 1. The summed E-state index contributed by atoms with van der Waals surface area (Å²) in [5.74, 6) is -0.0805. The van der Waals surface area contributed by atoms with E-state index in [0.29, 0.717) is 33.3 Å². The fourth-order valence-corrected chi connectivity index (χ4v) is 3.44. The van der Waals surface area contributed by atoms with Crippen molar-refractivity contribution in [2.75, 3.05) is 5.32 Å². The summed E-state index contributed by atoms with van der Waals surface area (Å²) in [5.41, 5.74) is 2.30. The highest BCUT2D eigenvalue weighted by molar-refractivity contribution is 14.1. The summed E-state index contributed by atoms with van der Waals surface area (Å²) in [4.78, 5) is 27.2. The van der Waals surface area contributed by atoms with Crippen LogP contribution in [0, 0.1) is 13.7 Å². The fourth-order valence-electron chi connectivity index (χ4n) is 2.75. The van der Waals surface area contributed by atoms with E-state index in [1.54, 1.807) is 24.3 Å². The topological polar surface area (TPSA) is 98.3 Å². The number of anilines is 1. The van der Waals surface area contributed by atoms with E-state index < -0.39 is 10.8 Å². The van der Waals surface area contributed by atoms with Crippen molar-refractivity contribution in [3.8, 4) is 11.5 Å². The molecule has 1 amide bonds. The molecular weight excluding hydrogens is 509 g/mol. The van der Waals surface area contributed by atoms with Crippen LogP contribution in [0.4, 0.5) is 11.4 Å². The van der Waals surface area contributed by atoms with Crippen molar-refractivity contribution in [2.45, 2.75) is 0 Å². The van der Waals surface area contributed by atoms with Gasteiger partial charge in [-0.3, -0.25) is 14.9 Å². The van der Waals surface area contributed by atoms with E-state index in [0.717, 1.165) is 3.57 Å². The van der Waals surface area contributed by atoms with Crippen LogP contribution >= 0.6 is 34.2 Å². The lowest BCUT2D eigenvalue weighted by atomic mass is 10.2. The minimum absolute atomic E-state index is 0.149. The minimum Gasteiger partial charge on any atom is -0.436 e. The Labute approximate surface area is 183 Å². The second kappa shape index (κ2) is 7.80. The second-order valence-electron chi connectivity index (χ2n) is 6.09. The van der Waals surface area contributed by atoms with Gasteiger partial charge < -0.3 is 9.73 Å². The number of halogens is 2. The summed E-state index contributed by atoms with van der Waals surface area (Å²) in [7, 11) is 0. The van der Waals surface area contributed by atoms with Crippen molar-refractivity contribution < 1.29 is 14.1 Å². The lowest BCUT2D eigenvalue weighted by Gasteiger charge is -2.04. The van der Waals surface area contributed by atoms with Crippen LogP contribution in [-0.4, -0.2) is 15.8 Å². The highest BCUT2D eigenvalue weighted by Crippen LogP contribution is 2.32. The van der Waals surface area contributed by atoms with Crippen molar-refractivity contribution in [3.63, 3.8) is 0 Å². The third kappa shape index (κ3) is 4.08. The maximum absolute atomic E-state index is 12.4. The van der Waals surface area contributed by atoms with Crippen molar-refractivity contribution in [1.29, 1.82) is 0 Å². The van der Waals surface area contributed by atoms with Gasteiger partial charge in [0, 0.05) is 27.0 Å². The van der Waals surface area contributed by atoms with E-state index in [1.165, 1.54) is 24.3 Å². The first kappa shape index (κ1) is 19.3. The molecule has 1 N–H and O–H groups in total. The number of rotatable bonds is 4. The molecule has 7 nitrogen and oxygen atoms in total. The molecule has 0 fully saturated rings. The fraction of sp³-hybridized carbons (Fsp3) is 0. The Morgan fingerprint density at radius 2 is 1.97 bits per heavy atom. The van der Waals surface area contributed by atoms with E-state index >= 15 is 0 Å². The zero-order chi connectivity index (χ0) is 20.5. The Morgan fingerprint density at radius 3 is 2.76 bits per heavy atom. The molecule has 4 rings (SSSR count). The molecule has 0 saturated heterocycles. The third-order valence-corrected chi connectivity index (χ3v) is 5.12. The Hall–Kier alpha value is -2.98. The smallest absolute Gasteiger partial charge is 0.270 e. The molecule has 0 aliphatic heterocycles. The zero-order valence-electron chi connectivity index (χ0n) is 14.6. The van der Waals surface area contributed by atoms with Crippen LogP contribution in [-0.2, 0) is 0 Å². The number of nitrogens with one attached hydrogen (secondary N) is 1. The molecule has 0 saturated carbocycles. The van der Waals surface area contributed by atoms with Crippen LogP contribution < -0.4 is 5.32 Å². The van der Waals surface area contributed by atoms with Crippen molar-refractivity contribution >= 4 is 62.6 Å². The maximum atomic E-state index is 12.4. The van der Waals surface area contributed by atoms with Gasteiger partial charge in [0.25, 0.3) is 11.6 Å². The van der Waals surface area contributed by atoms with E-state index in [9.17, 15) is 14.9 Å². The van der Waals surface area contributed by atoms with E-state index in [2.05, 4.69) is 32.9 Å². The second-order valence-corrected chi connectivity index (χ2v) is 7.74. The first-order valence-electron chi connectivity index (χ1n) is 8.32. The average molecular weight is 520 g/mol. The molecule has 29 heavy (non-hydrogen) atoms. The van der Waals surface area contributed by atoms with Gasteiger partial charge in [-0.15, -0.1) is 0 Å². The number of carbonyl (C=O) groups is 1. The summed E-state index contributed by atoms with van der Waals surface area (Å²) in [6, 6.07) is 16.1. The summed E-state index contributed by atoms with van der Waals surface area (Å²) in [6.45, 7) is 0. The van der Waals surface area contributed by atoms with Crippen molar-refractivity contribution in [1.82, 2.24) is 4.98 Å². The van der Waals surface area contributed by atoms with Gasteiger partial charge in [0.05, 0.1) is 15.5 Å². The number of hydrogen-bond acceptors (Lipinski definition) is 5. The van der Waals surface area contributed by atoms with Gasteiger partial charge >= 0.3 is 0 Å². The molecule has 0 atom stereocenters. The van der Waals surface area contributed by atoms with Crippen LogP contribution in [0.5, 0.6) is 0 Å². The third-order valence-electron chi connectivity index (χ3n) is 4.12. The van der Waals surface area contributed by atoms with Gasteiger partial charge in [-0.1, -0.05) is 17.7 Å². The van der Waals surface area contributed by atoms with Gasteiger partial charge in [0.15, 0.2) is 5.58 Å². The van der Waals surface area contributed by atoms with E-state index in [4.69, 9.17) is 16.0 Å². The highest BCUT2D eigenvalue weighted by atomic mass is 127. The Kier molecular flexibility index (Phi) is 5.20. The molecule has 0 bridgehead atoms. The molecule has 0 aliphatic rings. The lowest BCUT2D eigenvalue weighted by Crippen LogP contribution is -2.12. The minimum atomic E-state index is -0.546. The normalized spacial score (nSPS) is 10.8. The number of oxazole rings is 1. The summed E-state index contributed by atoms with van der Waals surface area (Å²) >= 11 is 8.43. The maximum Gasteiger partial charge on any atom is 0.270 e. The summed E-state index contributed by atoms with van der Waals surface area (Å²) in [5, 5.41) is 14.1. The van der Waals surface area contributed by atoms with Crippen LogP contribution in [0.2, 0.25) is 5.02 Å². The number of amides is 1. The molecular formula is C20H11ClIN3O4. The number of carbonyl (C=O) groups excluding carboxylic acids is 1. The van der Waals surface area contributed by atoms with Crippen LogP contribution in [0.25, 0.3) is 22.6 Å². The molecule has 1 aromatic heterocycles. The summed E-state index contributed by atoms with van der Waals surface area (Å²) in [6.07, 6.45) is 0. The van der Waals surface area contributed by atoms with Gasteiger partial charge in [0.2, 0.25) is 5.89 Å². The molecule has 3 aromatic carbocycles. The van der Waals surface area contributed by atoms with Gasteiger partial charge in [0.1, 0.15) is 5.52 Å². The Balaban J connectivity index is 1.62. The quantitative estimate of drug-likeness (QED) is 0.205. The number of hydrogen-bond donors (Lipinski definition) is 1. The van der Waals surface area contributed by atoms with Gasteiger partial charge in [-0.05, 0) is 65.1 Å². The molecule has 0 unspecified atom stereocenters. The zero-order valence-corrected chi connectivity index (χ0v) is 17.5. The molecule has 0 spiro atoms. The lowest BCUT2D eigenvalue weighted by molar-refractivity contribution is -0.384. The number of nitro groups is 1. The first-order chi connectivity index (χ1) is 13.9. The predicted molar refractivity (Wildman–Crippen MR) is 118 cm³/mol. The predicted octanol–water partition coefficient (Wildman–Crippen LogP) is 5.91. The Morgan fingerprint density at radius 1 is 1.14 bits per heavy atom. The number of nitrogens with zero attached hydrogens (tertiary/aromatic N) is 2. The largest absolute Gasteiger partial charge is 0.436 e. The van der Waals surface area contributed by atoms with Crippen LogP contribution in [0.3, 0.4) is 0 Å². The number of non-ortho nitro benzene ring substituents is 1. The van der Waals surface area contributed by atoms with Crippen LogP contribution in [0.15, 0.2) is 65.1 Å². The molecule has 4 aromatic rings. The summed E-state index contributed by atoms with van der Waals surface area (Å²) < 4.78 is 6.78. The van der Waals surface area contributed by atoms with Crippen molar-refractivity contribution in [3.05, 3.63) is 84.9 Å². The SMILES string of the molecule is O=C(Nc1ccc2oc(-c3cc(I)ccc3Cl)nc2c1)c1cccc([N+](=O)[O-])c1. The van der Waals surface area contributed by atoms with Crippen molar-refractivity contribution in [2.24, 2.45) is 0 Å². The number of fused-ring (bicyclic) bond motifs is 1. The van der Waals surface area contributed by atoms with E-state index in [1.807, 2.05) is 12.1 Å². The first-order valence-corrected chi connectivity index (χ1v) is 9.78. The molecule has 0 radical (unpaired) electrons. The molecule has 1 heterocycles. The average Bonchev–Trinajstić information content (AvgIpc) is 3.13.